The van der Waals surface area contributed by atoms with Crippen LogP contribution in [0.25, 0.3) is 17.1 Å². The van der Waals surface area contributed by atoms with Crippen LogP contribution in [0.2, 0.25) is 0 Å². The molecule has 3 heterocycles. The quantitative estimate of drug-likeness (QED) is 0.663. The standard InChI is InChI=1S/C13H11N5O/c1-17-12(4-7-15-17)13-10(9-19)8-18(16-13)11-2-5-14-6-3-11/h2-9H,1H3. The van der Waals surface area contributed by atoms with E-state index in [1.807, 2.05) is 25.2 Å². The first kappa shape index (κ1) is 11.3. The van der Waals surface area contributed by atoms with Crippen molar-refractivity contribution in [2.45, 2.75) is 0 Å². The van der Waals surface area contributed by atoms with Crippen molar-refractivity contribution in [3.63, 3.8) is 0 Å². The Balaban J connectivity index is 2.15. The molecule has 6 nitrogen and oxygen atoms in total. The Bertz CT molecular complexity index is 714. The number of rotatable bonds is 3. The van der Waals surface area contributed by atoms with Crippen molar-refractivity contribution in [2.24, 2.45) is 7.05 Å². The second kappa shape index (κ2) is 4.49. The highest BCUT2D eigenvalue weighted by Gasteiger charge is 2.14. The number of aryl methyl sites for hydroxylation is 1. The lowest BCUT2D eigenvalue weighted by Crippen LogP contribution is -1.97. The zero-order valence-electron chi connectivity index (χ0n) is 10.3. The fourth-order valence-electron chi connectivity index (χ4n) is 1.91. The summed E-state index contributed by atoms with van der Waals surface area (Å²) in [6.45, 7) is 0. The topological polar surface area (TPSA) is 65.6 Å². The summed E-state index contributed by atoms with van der Waals surface area (Å²) in [5.41, 5.74) is 2.80. The molecule has 0 aliphatic heterocycles. The predicted octanol–water partition coefficient (Wildman–Crippen LogP) is 1.48. The van der Waals surface area contributed by atoms with Gasteiger partial charge in [-0.25, -0.2) is 4.68 Å². The van der Waals surface area contributed by atoms with Crippen molar-refractivity contribution in [1.82, 2.24) is 24.5 Å². The van der Waals surface area contributed by atoms with Gasteiger partial charge in [0.15, 0.2) is 6.29 Å². The van der Waals surface area contributed by atoms with Crippen molar-refractivity contribution >= 4 is 6.29 Å². The normalized spacial score (nSPS) is 10.6. The Morgan fingerprint density at radius 2 is 1.95 bits per heavy atom. The summed E-state index contributed by atoms with van der Waals surface area (Å²) in [4.78, 5) is 15.1. The van der Waals surface area contributed by atoms with Gasteiger partial charge in [-0.1, -0.05) is 0 Å². The van der Waals surface area contributed by atoms with E-state index in [4.69, 9.17) is 0 Å². The Morgan fingerprint density at radius 1 is 1.16 bits per heavy atom. The molecule has 0 aromatic carbocycles. The number of nitrogens with zero attached hydrogens (tertiary/aromatic N) is 5. The van der Waals surface area contributed by atoms with Crippen LogP contribution < -0.4 is 0 Å². The van der Waals surface area contributed by atoms with Crippen LogP contribution in [-0.2, 0) is 7.05 Å². The van der Waals surface area contributed by atoms with Gasteiger partial charge in [0.25, 0.3) is 0 Å². The molecule has 0 saturated heterocycles. The summed E-state index contributed by atoms with van der Waals surface area (Å²) in [5.74, 6) is 0. The number of aromatic nitrogens is 5. The summed E-state index contributed by atoms with van der Waals surface area (Å²) in [5, 5.41) is 8.54. The summed E-state index contributed by atoms with van der Waals surface area (Å²) in [6, 6.07) is 5.48. The van der Waals surface area contributed by atoms with E-state index in [2.05, 4.69) is 15.2 Å². The van der Waals surface area contributed by atoms with Crippen molar-refractivity contribution in [2.75, 3.05) is 0 Å². The number of aldehydes is 1. The van der Waals surface area contributed by atoms with Crippen molar-refractivity contribution < 1.29 is 4.79 Å². The van der Waals surface area contributed by atoms with E-state index in [0.29, 0.717) is 11.3 Å². The van der Waals surface area contributed by atoms with Gasteiger partial charge in [-0.05, 0) is 18.2 Å². The van der Waals surface area contributed by atoms with Gasteiger partial charge in [0.1, 0.15) is 5.69 Å². The molecule has 3 aromatic rings. The van der Waals surface area contributed by atoms with E-state index in [0.717, 1.165) is 17.7 Å². The molecular weight excluding hydrogens is 242 g/mol. The van der Waals surface area contributed by atoms with Gasteiger partial charge < -0.3 is 0 Å². The predicted molar refractivity (Wildman–Crippen MR) is 68.9 cm³/mol. The zero-order chi connectivity index (χ0) is 13.2. The van der Waals surface area contributed by atoms with Crippen molar-refractivity contribution in [3.05, 3.63) is 48.5 Å². The van der Waals surface area contributed by atoms with Crippen LogP contribution in [0.1, 0.15) is 10.4 Å². The second-order valence-electron chi connectivity index (χ2n) is 4.04. The maximum absolute atomic E-state index is 11.2. The minimum Gasteiger partial charge on any atom is -0.298 e. The Morgan fingerprint density at radius 3 is 2.58 bits per heavy atom. The minimum absolute atomic E-state index is 0.528. The van der Waals surface area contributed by atoms with Gasteiger partial charge in [0.2, 0.25) is 0 Å². The molecule has 0 atom stereocenters. The fraction of sp³-hybridized carbons (Fsp3) is 0.0769. The molecule has 94 valence electrons. The first-order valence-corrected chi connectivity index (χ1v) is 5.73. The molecule has 6 heteroatoms. The molecule has 0 aliphatic carbocycles. The molecule has 0 aliphatic rings. The third kappa shape index (κ3) is 1.93. The van der Waals surface area contributed by atoms with E-state index in [9.17, 15) is 4.79 Å². The van der Waals surface area contributed by atoms with E-state index >= 15 is 0 Å². The molecule has 0 saturated carbocycles. The SMILES string of the molecule is Cn1nccc1-c1nn(-c2ccncc2)cc1C=O. The lowest BCUT2D eigenvalue weighted by molar-refractivity contribution is 0.112. The molecule has 0 amide bonds. The van der Waals surface area contributed by atoms with Crippen molar-refractivity contribution in [1.29, 1.82) is 0 Å². The highest BCUT2D eigenvalue weighted by atomic mass is 16.1. The Kier molecular flexibility index (Phi) is 2.68. The van der Waals surface area contributed by atoms with Crippen LogP contribution in [0, 0.1) is 0 Å². The number of hydrogen-bond donors (Lipinski definition) is 0. The van der Waals surface area contributed by atoms with Gasteiger partial charge in [-0.2, -0.15) is 10.2 Å². The van der Waals surface area contributed by atoms with Crippen LogP contribution in [0.4, 0.5) is 0 Å². The Labute approximate surface area is 109 Å². The van der Waals surface area contributed by atoms with Crippen LogP contribution in [0.5, 0.6) is 0 Å². The molecule has 0 unspecified atom stereocenters. The molecule has 19 heavy (non-hydrogen) atoms. The van der Waals surface area contributed by atoms with Gasteiger partial charge in [0.05, 0.1) is 16.9 Å². The molecule has 0 fully saturated rings. The maximum atomic E-state index is 11.2. The third-order valence-corrected chi connectivity index (χ3v) is 2.86. The van der Waals surface area contributed by atoms with Crippen LogP contribution in [-0.4, -0.2) is 30.8 Å². The third-order valence-electron chi connectivity index (χ3n) is 2.86. The number of hydrogen-bond acceptors (Lipinski definition) is 4. The summed E-state index contributed by atoms with van der Waals surface area (Å²) >= 11 is 0. The zero-order valence-corrected chi connectivity index (χ0v) is 10.3. The van der Waals surface area contributed by atoms with Gasteiger partial charge in [-0.15, -0.1) is 0 Å². The summed E-state index contributed by atoms with van der Waals surface area (Å²) in [7, 11) is 1.81. The summed E-state index contributed by atoms with van der Waals surface area (Å²) < 4.78 is 3.35. The highest BCUT2D eigenvalue weighted by molar-refractivity contribution is 5.84. The lowest BCUT2D eigenvalue weighted by atomic mass is 10.2. The molecule has 0 N–H and O–H groups in total. The summed E-state index contributed by atoms with van der Waals surface area (Å²) in [6.07, 6.45) is 7.54. The molecule has 3 aromatic heterocycles. The Hall–Kier alpha value is -2.76. The molecule has 3 rings (SSSR count). The van der Waals surface area contributed by atoms with E-state index in [-0.39, 0.29) is 0 Å². The van der Waals surface area contributed by atoms with E-state index in [1.165, 1.54) is 0 Å². The van der Waals surface area contributed by atoms with Crippen LogP contribution >= 0.6 is 0 Å². The maximum Gasteiger partial charge on any atom is 0.153 e. The monoisotopic (exact) mass is 253 g/mol. The largest absolute Gasteiger partial charge is 0.298 e. The van der Waals surface area contributed by atoms with Crippen molar-refractivity contribution in [3.8, 4) is 17.1 Å². The first-order chi connectivity index (χ1) is 9.29. The highest BCUT2D eigenvalue weighted by Crippen LogP contribution is 2.21. The average Bonchev–Trinajstić information content (AvgIpc) is 3.05. The lowest BCUT2D eigenvalue weighted by Gasteiger charge is -2.00. The van der Waals surface area contributed by atoms with Crippen LogP contribution in [0.15, 0.2) is 43.0 Å². The molecule has 0 radical (unpaired) electrons. The van der Waals surface area contributed by atoms with Gasteiger partial charge >= 0.3 is 0 Å². The van der Waals surface area contributed by atoms with Gasteiger partial charge in [0, 0.05) is 31.8 Å². The second-order valence-corrected chi connectivity index (χ2v) is 4.04. The molecular formula is C13H11N5O. The fourth-order valence-corrected chi connectivity index (χ4v) is 1.91. The van der Waals surface area contributed by atoms with Crippen LogP contribution in [0.3, 0.4) is 0 Å². The molecule has 0 spiro atoms. The van der Waals surface area contributed by atoms with E-state index < -0.39 is 0 Å². The minimum atomic E-state index is 0.528. The molecule has 0 bridgehead atoms. The van der Waals surface area contributed by atoms with E-state index in [1.54, 1.807) is 34.2 Å². The number of carbonyl (C=O) groups is 1. The number of pyridine rings is 1. The van der Waals surface area contributed by atoms with Gasteiger partial charge in [-0.3, -0.25) is 14.5 Å². The average molecular weight is 253 g/mol. The first-order valence-electron chi connectivity index (χ1n) is 5.73. The number of carbonyl (C=O) groups excluding carboxylic acids is 1. The smallest absolute Gasteiger partial charge is 0.153 e.